The molecule has 1 N–H and O–H groups in total. The summed E-state index contributed by atoms with van der Waals surface area (Å²) in [6.07, 6.45) is -4.40. The van der Waals surface area contributed by atoms with Gasteiger partial charge in [0.25, 0.3) is 0 Å². The Morgan fingerprint density at radius 1 is 1.00 bits per heavy atom. The van der Waals surface area contributed by atoms with Gasteiger partial charge in [0.15, 0.2) is 0 Å². The maximum atomic E-state index is 12.9. The van der Waals surface area contributed by atoms with E-state index in [1.54, 1.807) is 0 Å². The summed E-state index contributed by atoms with van der Waals surface area (Å²) < 4.78 is 44.5. The molecule has 140 valence electrons. The molecule has 1 unspecified atom stereocenters. The van der Waals surface area contributed by atoms with Crippen molar-refractivity contribution in [2.24, 2.45) is 0 Å². The van der Waals surface area contributed by atoms with Crippen molar-refractivity contribution in [3.05, 3.63) is 71.3 Å². The molecule has 1 saturated heterocycles. The van der Waals surface area contributed by atoms with Gasteiger partial charge >= 0.3 is 6.18 Å². The van der Waals surface area contributed by atoms with E-state index < -0.39 is 28.9 Å². The van der Waals surface area contributed by atoms with Crippen LogP contribution in [-0.4, -0.2) is 22.4 Å². The van der Waals surface area contributed by atoms with Gasteiger partial charge in [0.2, 0.25) is 0 Å². The zero-order valence-electron chi connectivity index (χ0n) is 14.9. The highest BCUT2D eigenvalue weighted by Gasteiger charge is 2.57. The summed E-state index contributed by atoms with van der Waals surface area (Å²) in [5.41, 5.74) is -0.680. The maximum Gasteiger partial charge on any atom is 0.416 e. The summed E-state index contributed by atoms with van der Waals surface area (Å²) in [4.78, 5) is 0. The van der Waals surface area contributed by atoms with E-state index in [0.717, 1.165) is 17.7 Å². The van der Waals surface area contributed by atoms with Crippen molar-refractivity contribution in [1.82, 2.24) is 5.06 Å². The van der Waals surface area contributed by atoms with E-state index in [0.29, 0.717) is 12.2 Å². The normalized spacial score (nSPS) is 21.7. The average molecular weight is 365 g/mol. The summed E-state index contributed by atoms with van der Waals surface area (Å²) in [5, 5.41) is 12.1. The molecule has 0 bridgehead atoms. The lowest BCUT2D eigenvalue weighted by Crippen LogP contribution is -2.46. The van der Waals surface area contributed by atoms with Gasteiger partial charge in [0, 0.05) is 5.54 Å². The van der Waals surface area contributed by atoms with Crippen LogP contribution in [0.4, 0.5) is 13.2 Å². The first-order valence-electron chi connectivity index (χ1n) is 8.40. The number of nitrogens with zero attached hydrogens (tertiary/aromatic N) is 1. The van der Waals surface area contributed by atoms with Gasteiger partial charge in [-0.15, -0.1) is 0 Å². The zero-order valence-corrected chi connectivity index (χ0v) is 14.9. The predicted molar refractivity (Wildman–Crippen MR) is 91.6 cm³/mol. The van der Waals surface area contributed by atoms with Crippen molar-refractivity contribution in [3.63, 3.8) is 0 Å². The van der Waals surface area contributed by atoms with E-state index >= 15 is 0 Å². The van der Waals surface area contributed by atoms with Crippen LogP contribution >= 0.6 is 0 Å². The fraction of sp³-hybridized carbons (Fsp3) is 0.400. The number of hydrogen-bond acceptors (Lipinski definition) is 3. The van der Waals surface area contributed by atoms with Crippen LogP contribution in [0.25, 0.3) is 0 Å². The molecular formula is C20H22F3NO2. The van der Waals surface area contributed by atoms with Crippen LogP contribution < -0.4 is 0 Å². The molecular weight excluding hydrogens is 343 g/mol. The van der Waals surface area contributed by atoms with Crippen molar-refractivity contribution in [3.8, 4) is 0 Å². The first kappa shape index (κ1) is 18.9. The van der Waals surface area contributed by atoms with Gasteiger partial charge < -0.3 is 9.94 Å². The number of hydroxylamine groups is 2. The third-order valence-corrected chi connectivity index (χ3v) is 4.65. The lowest BCUT2D eigenvalue weighted by Gasteiger charge is -2.39. The molecule has 3 rings (SSSR count). The average Bonchev–Trinajstić information content (AvgIpc) is 3.36. The topological polar surface area (TPSA) is 36.0 Å². The first-order valence-corrected chi connectivity index (χ1v) is 8.40. The van der Waals surface area contributed by atoms with Crippen LogP contribution in [0.5, 0.6) is 0 Å². The highest BCUT2D eigenvalue weighted by atomic mass is 19.4. The molecule has 1 aliphatic heterocycles. The Morgan fingerprint density at radius 2 is 1.54 bits per heavy atom. The number of halogens is 3. The van der Waals surface area contributed by atoms with E-state index in [-0.39, 0.29) is 0 Å². The van der Waals surface area contributed by atoms with Crippen molar-refractivity contribution < 1.29 is 23.1 Å². The van der Waals surface area contributed by atoms with E-state index in [1.165, 1.54) is 17.2 Å². The number of epoxide rings is 1. The van der Waals surface area contributed by atoms with Crippen molar-refractivity contribution in [2.45, 2.75) is 44.1 Å². The first-order chi connectivity index (χ1) is 12.1. The highest BCUT2D eigenvalue weighted by Crippen LogP contribution is 2.52. The SMILES string of the molecule is CC(C)(C)N(O)C(c1ccc(C(F)(F)F)cc1)[C@@]1(c2ccccc2)CO1. The standard InChI is InChI=1S/C20H22F3NO2/c1-18(2,3)24(25)17(14-9-11-16(12-10-14)20(21,22)23)19(13-26-19)15-7-5-4-6-8-15/h4-12,17,25H,13H2,1-3H3/t17?,19-/m0/s1. The van der Waals surface area contributed by atoms with Gasteiger partial charge in [-0.3, -0.25) is 0 Å². The van der Waals surface area contributed by atoms with Crippen molar-refractivity contribution in [2.75, 3.05) is 6.61 Å². The van der Waals surface area contributed by atoms with E-state index in [2.05, 4.69) is 0 Å². The van der Waals surface area contributed by atoms with Crippen LogP contribution in [0.15, 0.2) is 54.6 Å². The monoisotopic (exact) mass is 365 g/mol. The molecule has 26 heavy (non-hydrogen) atoms. The molecule has 1 heterocycles. The number of benzene rings is 2. The Balaban J connectivity index is 2.06. The Bertz CT molecular complexity index is 747. The molecule has 1 aliphatic rings. The zero-order chi connectivity index (χ0) is 19.2. The molecule has 2 atom stereocenters. The molecule has 0 amide bonds. The van der Waals surface area contributed by atoms with Gasteiger partial charge in [-0.25, -0.2) is 0 Å². The smallest absolute Gasteiger partial charge is 0.362 e. The van der Waals surface area contributed by atoms with Gasteiger partial charge in [0.1, 0.15) is 5.60 Å². The number of rotatable bonds is 4. The predicted octanol–water partition coefficient (Wildman–Crippen LogP) is 5.16. The Kier molecular flexibility index (Phi) is 4.63. The Labute approximate surface area is 151 Å². The minimum absolute atomic E-state index is 0.385. The second-order valence-corrected chi connectivity index (χ2v) is 7.58. The molecule has 1 fully saturated rings. The van der Waals surface area contributed by atoms with Crippen molar-refractivity contribution in [1.29, 1.82) is 0 Å². The molecule has 2 aromatic rings. The van der Waals surface area contributed by atoms with E-state index in [9.17, 15) is 18.4 Å². The van der Waals surface area contributed by atoms with E-state index in [4.69, 9.17) is 4.74 Å². The second-order valence-electron chi connectivity index (χ2n) is 7.58. The molecule has 0 aromatic heterocycles. The lowest BCUT2D eigenvalue weighted by molar-refractivity contribution is -0.205. The highest BCUT2D eigenvalue weighted by molar-refractivity contribution is 5.36. The van der Waals surface area contributed by atoms with Gasteiger partial charge in [-0.05, 0) is 44.0 Å². The molecule has 2 aromatic carbocycles. The van der Waals surface area contributed by atoms with Gasteiger partial charge in [0.05, 0.1) is 18.2 Å². The minimum Gasteiger partial charge on any atom is -0.362 e. The maximum absolute atomic E-state index is 12.9. The summed E-state index contributed by atoms with van der Waals surface area (Å²) in [6.45, 7) is 5.90. The molecule has 0 radical (unpaired) electrons. The molecule has 0 saturated carbocycles. The summed E-state index contributed by atoms with van der Waals surface area (Å²) in [6, 6.07) is 13.7. The number of alkyl halides is 3. The summed E-state index contributed by atoms with van der Waals surface area (Å²) >= 11 is 0. The Hall–Kier alpha value is -1.89. The minimum atomic E-state index is -4.40. The molecule has 3 nitrogen and oxygen atoms in total. The second kappa shape index (κ2) is 6.37. The fourth-order valence-electron chi connectivity index (χ4n) is 3.13. The van der Waals surface area contributed by atoms with Crippen LogP contribution in [-0.2, 0) is 16.5 Å². The van der Waals surface area contributed by atoms with Gasteiger partial charge in [-0.1, -0.05) is 42.5 Å². The fourth-order valence-corrected chi connectivity index (χ4v) is 3.13. The largest absolute Gasteiger partial charge is 0.416 e. The molecule has 6 heteroatoms. The van der Waals surface area contributed by atoms with Crippen LogP contribution in [0.2, 0.25) is 0 Å². The van der Waals surface area contributed by atoms with Crippen molar-refractivity contribution >= 4 is 0 Å². The lowest BCUT2D eigenvalue weighted by atomic mass is 9.85. The quantitative estimate of drug-likeness (QED) is 0.600. The number of ether oxygens (including phenoxy) is 1. The molecule has 0 spiro atoms. The number of hydrogen-bond donors (Lipinski definition) is 1. The van der Waals surface area contributed by atoms with Crippen LogP contribution in [0.3, 0.4) is 0 Å². The Morgan fingerprint density at radius 3 is 1.96 bits per heavy atom. The van der Waals surface area contributed by atoms with Crippen LogP contribution in [0, 0.1) is 0 Å². The van der Waals surface area contributed by atoms with Gasteiger partial charge in [-0.2, -0.15) is 18.2 Å². The molecule has 0 aliphatic carbocycles. The van der Waals surface area contributed by atoms with Crippen LogP contribution in [0.1, 0.15) is 43.5 Å². The third-order valence-electron chi connectivity index (χ3n) is 4.65. The summed E-state index contributed by atoms with van der Waals surface area (Å²) in [7, 11) is 0. The summed E-state index contributed by atoms with van der Waals surface area (Å²) in [5.74, 6) is 0. The third kappa shape index (κ3) is 3.49. The van der Waals surface area contributed by atoms with E-state index in [1.807, 2.05) is 51.1 Å².